The van der Waals surface area contributed by atoms with Crippen LogP contribution in [0.25, 0.3) is 0 Å². The summed E-state index contributed by atoms with van der Waals surface area (Å²) < 4.78 is 18.8. The van der Waals surface area contributed by atoms with Crippen LogP contribution >= 0.6 is 0 Å². The van der Waals surface area contributed by atoms with E-state index in [9.17, 15) is 4.79 Å². The van der Waals surface area contributed by atoms with Gasteiger partial charge in [-0.25, -0.2) is 0 Å². The van der Waals surface area contributed by atoms with E-state index in [0.29, 0.717) is 19.6 Å². The highest BCUT2D eigenvalue weighted by Gasteiger charge is 2.27. The van der Waals surface area contributed by atoms with Crippen LogP contribution in [0.2, 0.25) is 0 Å². The Bertz CT molecular complexity index is 864. The third kappa shape index (κ3) is 17.6. The molecule has 0 saturated heterocycles. The van der Waals surface area contributed by atoms with E-state index in [1.807, 2.05) is 13.1 Å². The molecule has 1 atom stereocenters. The second-order valence-corrected chi connectivity index (χ2v) is 13.3. The molecule has 1 aliphatic heterocycles. The van der Waals surface area contributed by atoms with Gasteiger partial charge in [0.25, 0.3) is 0 Å². The van der Waals surface area contributed by atoms with Crippen LogP contribution in [0.15, 0.2) is 6.20 Å². The second kappa shape index (κ2) is 23.9. The van der Waals surface area contributed by atoms with Gasteiger partial charge >= 0.3 is 5.97 Å². The first-order chi connectivity index (χ1) is 20.4. The molecule has 2 heterocycles. The molecular formula is C36H65ClN2O4. The molecule has 0 fully saturated rings. The smallest absolute Gasteiger partial charge is 0.305 e. The zero-order valence-electron chi connectivity index (χ0n) is 28.5. The van der Waals surface area contributed by atoms with Gasteiger partial charge in [-0.1, -0.05) is 110 Å². The Balaban J connectivity index is 0.00000924. The summed E-state index contributed by atoms with van der Waals surface area (Å²) >= 11 is 0. The van der Waals surface area contributed by atoms with Crippen LogP contribution in [0.4, 0.5) is 0 Å². The summed E-state index contributed by atoms with van der Waals surface area (Å²) in [4.78, 5) is 16.9. The topological polar surface area (TPSA) is 57.7 Å². The van der Waals surface area contributed by atoms with Crippen molar-refractivity contribution in [1.82, 2.24) is 4.98 Å². The van der Waals surface area contributed by atoms with E-state index in [1.165, 1.54) is 95.5 Å². The molecule has 0 N–H and O–H groups in total. The van der Waals surface area contributed by atoms with Crippen LogP contribution in [-0.2, 0) is 27.4 Å². The number of fused-ring (bicyclic) bond motifs is 1. The standard InChI is InChI=1S/C36H65N2O4.ClH/c1-6-8-10-12-14-15-16-17-18-19-21-24-34(39)40-27-23-26-38(4,5)29-32-28-37-31(3)36-33(32)30-41-35(42-36)25-22-20-13-11-9-7-2;/h28,35H,6-27,29-30H2,1-5H3;1H/q+1;/p-1. The highest BCUT2D eigenvalue weighted by Crippen LogP contribution is 2.33. The van der Waals surface area contributed by atoms with Crippen molar-refractivity contribution in [3.8, 4) is 5.75 Å². The monoisotopic (exact) mass is 624 g/mol. The number of quaternary nitrogens is 1. The number of hydrogen-bond donors (Lipinski definition) is 0. The number of unbranched alkanes of at least 4 members (excludes halogenated alkanes) is 15. The van der Waals surface area contributed by atoms with Gasteiger partial charge in [0.1, 0.15) is 12.3 Å². The second-order valence-electron chi connectivity index (χ2n) is 13.3. The van der Waals surface area contributed by atoms with Gasteiger partial charge in [-0.2, -0.15) is 0 Å². The summed E-state index contributed by atoms with van der Waals surface area (Å²) in [7, 11) is 4.45. The number of nitrogens with zero attached hydrogens (tertiary/aromatic N) is 2. The van der Waals surface area contributed by atoms with Gasteiger partial charge in [0.2, 0.25) is 0 Å². The molecule has 0 aliphatic carbocycles. The number of carbonyl (C=O) groups is 1. The molecule has 6 nitrogen and oxygen atoms in total. The molecule has 0 bridgehead atoms. The Labute approximate surface area is 271 Å². The number of aryl methyl sites for hydroxylation is 1. The van der Waals surface area contributed by atoms with Crippen molar-refractivity contribution in [2.45, 2.75) is 169 Å². The molecule has 43 heavy (non-hydrogen) atoms. The van der Waals surface area contributed by atoms with Gasteiger partial charge in [0.15, 0.2) is 6.29 Å². The van der Waals surface area contributed by atoms with Gasteiger partial charge < -0.3 is 31.1 Å². The maximum atomic E-state index is 12.2. The minimum absolute atomic E-state index is 0. The Kier molecular flexibility index (Phi) is 22.1. The van der Waals surface area contributed by atoms with Crippen molar-refractivity contribution in [3.63, 3.8) is 0 Å². The Morgan fingerprint density at radius 3 is 2.02 bits per heavy atom. The van der Waals surface area contributed by atoms with Gasteiger partial charge in [-0.15, -0.1) is 0 Å². The van der Waals surface area contributed by atoms with Crippen molar-refractivity contribution in [3.05, 3.63) is 23.0 Å². The van der Waals surface area contributed by atoms with E-state index < -0.39 is 0 Å². The summed E-state index contributed by atoms with van der Waals surface area (Å²) in [6, 6.07) is 0. The van der Waals surface area contributed by atoms with Crippen molar-refractivity contribution >= 4 is 5.97 Å². The molecule has 1 aliphatic rings. The predicted octanol–water partition coefficient (Wildman–Crippen LogP) is 6.59. The van der Waals surface area contributed by atoms with Crippen LogP contribution in [0.5, 0.6) is 5.75 Å². The summed E-state index contributed by atoms with van der Waals surface area (Å²) in [5.74, 6) is 0.879. The normalized spacial score (nSPS) is 14.6. The maximum Gasteiger partial charge on any atom is 0.305 e. The molecule has 0 radical (unpaired) electrons. The predicted molar refractivity (Wildman–Crippen MR) is 174 cm³/mol. The number of carbonyl (C=O) groups excluding carboxylic acids is 1. The third-order valence-corrected chi connectivity index (χ3v) is 8.61. The van der Waals surface area contributed by atoms with Crippen molar-refractivity contribution in [2.24, 2.45) is 0 Å². The molecule has 1 aromatic rings. The molecule has 1 aromatic heterocycles. The summed E-state index contributed by atoms with van der Waals surface area (Å²) in [6.07, 6.45) is 26.0. The highest BCUT2D eigenvalue weighted by molar-refractivity contribution is 5.69. The van der Waals surface area contributed by atoms with E-state index in [0.717, 1.165) is 66.7 Å². The number of ether oxygens (including phenoxy) is 3. The van der Waals surface area contributed by atoms with E-state index in [-0.39, 0.29) is 24.7 Å². The maximum absolute atomic E-state index is 12.2. The van der Waals surface area contributed by atoms with Gasteiger partial charge in [0, 0.05) is 36.6 Å². The van der Waals surface area contributed by atoms with Crippen LogP contribution in [-0.4, -0.2) is 49.0 Å². The van der Waals surface area contributed by atoms with Gasteiger partial charge in [-0.3, -0.25) is 9.78 Å². The quantitative estimate of drug-likeness (QED) is 0.0698. The summed E-state index contributed by atoms with van der Waals surface area (Å²) in [5, 5.41) is 0. The minimum atomic E-state index is -0.165. The fraction of sp³-hybridized carbons (Fsp3) is 0.833. The fourth-order valence-electron chi connectivity index (χ4n) is 5.93. The average molecular weight is 625 g/mol. The zero-order valence-corrected chi connectivity index (χ0v) is 29.3. The lowest BCUT2D eigenvalue weighted by Gasteiger charge is -2.33. The molecule has 250 valence electrons. The van der Waals surface area contributed by atoms with E-state index in [2.05, 4.69) is 32.9 Å². The fourth-order valence-corrected chi connectivity index (χ4v) is 5.93. The lowest BCUT2D eigenvalue weighted by Crippen LogP contribution is -3.00. The Hall–Kier alpha value is -1.37. The van der Waals surface area contributed by atoms with E-state index in [1.54, 1.807) is 0 Å². The van der Waals surface area contributed by atoms with E-state index in [4.69, 9.17) is 14.2 Å². The van der Waals surface area contributed by atoms with Crippen molar-refractivity contribution < 1.29 is 35.9 Å². The van der Waals surface area contributed by atoms with E-state index >= 15 is 0 Å². The lowest BCUT2D eigenvalue weighted by molar-refractivity contribution is -0.903. The number of halogens is 1. The largest absolute Gasteiger partial charge is 1.00 e. The Morgan fingerprint density at radius 1 is 0.860 bits per heavy atom. The highest BCUT2D eigenvalue weighted by atomic mass is 35.5. The molecule has 2 rings (SSSR count). The van der Waals surface area contributed by atoms with Crippen LogP contribution in [0, 0.1) is 6.92 Å². The first kappa shape index (κ1) is 39.7. The number of esters is 1. The molecule has 0 aromatic carbocycles. The molecule has 0 amide bonds. The molecule has 7 heteroatoms. The van der Waals surface area contributed by atoms with Crippen LogP contribution in [0.3, 0.4) is 0 Å². The molecule has 0 spiro atoms. The van der Waals surface area contributed by atoms with Crippen molar-refractivity contribution in [2.75, 3.05) is 27.2 Å². The van der Waals surface area contributed by atoms with Gasteiger partial charge in [0.05, 0.1) is 39.5 Å². The minimum Gasteiger partial charge on any atom is -1.00 e. The van der Waals surface area contributed by atoms with Gasteiger partial charge in [-0.05, 0) is 19.8 Å². The lowest BCUT2D eigenvalue weighted by atomic mass is 10.1. The number of hydrogen-bond acceptors (Lipinski definition) is 5. The third-order valence-electron chi connectivity index (χ3n) is 8.61. The number of aromatic nitrogens is 1. The summed E-state index contributed by atoms with van der Waals surface area (Å²) in [6.45, 7) is 9.41. The van der Waals surface area contributed by atoms with Crippen LogP contribution < -0.4 is 17.1 Å². The molecular weight excluding hydrogens is 560 g/mol. The first-order valence-electron chi connectivity index (χ1n) is 17.6. The Morgan fingerprint density at radius 2 is 1.42 bits per heavy atom. The van der Waals surface area contributed by atoms with Crippen LogP contribution in [0.1, 0.15) is 159 Å². The summed E-state index contributed by atoms with van der Waals surface area (Å²) in [5.41, 5.74) is 3.28. The first-order valence-corrected chi connectivity index (χ1v) is 17.6. The number of pyridine rings is 1. The number of rotatable bonds is 25. The molecule has 0 saturated carbocycles. The van der Waals surface area contributed by atoms with Crippen molar-refractivity contribution in [1.29, 1.82) is 0 Å². The average Bonchev–Trinajstić information content (AvgIpc) is 2.97. The molecule has 1 unspecified atom stereocenters. The zero-order chi connectivity index (χ0) is 30.5. The SMILES string of the molecule is CCCCCCCCCCCCCC(=O)OCCC[N+](C)(C)Cc1cnc(C)c2c1COC(CCCCCCCC)O2.[Cl-].